The van der Waals surface area contributed by atoms with Crippen LogP contribution in [0.2, 0.25) is 0 Å². The minimum absolute atomic E-state index is 0.0480. The van der Waals surface area contributed by atoms with Gasteiger partial charge in [0.05, 0.1) is 6.61 Å². The molecule has 0 aliphatic rings. The van der Waals surface area contributed by atoms with Gasteiger partial charge in [0, 0.05) is 22.2 Å². The van der Waals surface area contributed by atoms with Crippen molar-refractivity contribution in [1.82, 2.24) is 0 Å². The number of esters is 1. The van der Waals surface area contributed by atoms with E-state index in [2.05, 4.69) is 0 Å². The van der Waals surface area contributed by atoms with Gasteiger partial charge in [-0.2, -0.15) is 0 Å². The lowest BCUT2D eigenvalue weighted by molar-refractivity contribution is -0.143. The highest BCUT2D eigenvalue weighted by Crippen LogP contribution is 2.24. The number of aryl methyl sites for hydroxylation is 1. The molecule has 1 aromatic rings. The van der Waals surface area contributed by atoms with Gasteiger partial charge in [-0.1, -0.05) is 0 Å². The van der Waals surface area contributed by atoms with Crippen LogP contribution in [0.1, 0.15) is 35.6 Å². The molecule has 0 aromatic carbocycles. The Hall–Kier alpha value is -0.870. The van der Waals surface area contributed by atoms with Crippen LogP contribution in [0.4, 0.5) is 0 Å². The third-order valence-electron chi connectivity index (χ3n) is 2.09. The summed E-state index contributed by atoms with van der Waals surface area (Å²) in [5.41, 5.74) is 5.96. The molecule has 15 heavy (non-hydrogen) atoms. The Morgan fingerprint density at radius 3 is 2.87 bits per heavy atom. The lowest BCUT2D eigenvalue weighted by Gasteiger charge is -2.08. The normalized spacial score (nSPS) is 12.5. The van der Waals surface area contributed by atoms with Crippen molar-refractivity contribution in [2.24, 2.45) is 5.73 Å². The van der Waals surface area contributed by atoms with E-state index < -0.39 is 0 Å². The SMILES string of the molecule is CCOC(=O)CCC(N)c1ccc(C)s1. The number of rotatable bonds is 5. The van der Waals surface area contributed by atoms with Crippen molar-refractivity contribution >= 4 is 17.3 Å². The fraction of sp³-hybridized carbons (Fsp3) is 0.545. The highest BCUT2D eigenvalue weighted by atomic mass is 32.1. The molecule has 0 bridgehead atoms. The van der Waals surface area contributed by atoms with Gasteiger partial charge in [0.25, 0.3) is 0 Å². The van der Waals surface area contributed by atoms with Crippen LogP contribution in [-0.2, 0) is 9.53 Å². The molecule has 0 radical (unpaired) electrons. The number of hydrogen-bond donors (Lipinski definition) is 1. The summed E-state index contributed by atoms with van der Waals surface area (Å²) in [6.45, 7) is 4.29. The Morgan fingerprint density at radius 2 is 2.33 bits per heavy atom. The van der Waals surface area contributed by atoms with Gasteiger partial charge in [0.2, 0.25) is 0 Å². The van der Waals surface area contributed by atoms with Crippen molar-refractivity contribution in [2.45, 2.75) is 32.7 Å². The number of thiophene rings is 1. The molecule has 1 aromatic heterocycles. The molecule has 2 N–H and O–H groups in total. The van der Waals surface area contributed by atoms with Crippen molar-refractivity contribution in [1.29, 1.82) is 0 Å². The molecule has 0 fully saturated rings. The Bertz CT molecular complexity index is 322. The van der Waals surface area contributed by atoms with Crippen LogP contribution >= 0.6 is 11.3 Å². The molecule has 0 aliphatic carbocycles. The van der Waals surface area contributed by atoms with E-state index in [0.29, 0.717) is 19.4 Å². The summed E-state index contributed by atoms with van der Waals surface area (Å²) in [5.74, 6) is -0.166. The van der Waals surface area contributed by atoms with Crippen LogP contribution < -0.4 is 5.73 Å². The molecular formula is C11H17NO2S. The molecule has 1 unspecified atom stereocenters. The smallest absolute Gasteiger partial charge is 0.305 e. The maximum atomic E-state index is 11.1. The summed E-state index contributed by atoms with van der Waals surface area (Å²) in [6, 6.07) is 4.02. The Morgan fingerprint density at radius 1 is 1.60 bits per heavy atom. The van der Waals surface area contributed by atoms with E-state index in [4.69, 9.17) is 10.5 Å². The number of hydrogen-bond acceptors (Lipinski definition) is 4. The molecule has 1 atom stereocenters. The highest BCUT2D eigenvalue weighted by Gasteiger charge is 2.11. The third kappa shape index (κ3) is 4.01. The van der Waals surface area contributed by atoms with E-state index in [1.165, 1.54) is 4.88 Å². The average Bonchev–Trinajstić information content (AvgIpc) is 2.62. The summed E-state index contributed by atoms with van der Waals surface area (Å²) in [5, 5.41) is 0. The van der Waals surface area contributed by atoms with Crippen LogP contribution in [0.15, 0.2) is 12.1 Å². The van der Waals surface area contributed by atoms with Crippen LogP contribution in [-0.4, -0.2) is 12.6 Å². The summed E-state index contributed by atoms with van der Waals surface area (Å²) >= 11 is 1.68. The number of ether oxygens (including phenoxy) is 1. The van der Waals surface area contributed by atoms with Crippen molar-refractivity contribution in [3.05, 3.63) is 21.9 Å². The first kappa shape index (κ1) is 12.2. The van der Waals surface area contributed by atoms with Gasteiger partial charge < -0.3 is 10.5 Å². The topological polar surface area (TPSA) is 52.3 Å². The van der Waals surface area contributed by atoms with Crippen LogP contribution in [0, 0.1) is 6.92 Å². The molecule has 1 heterocycles. The Labute approximate surface area is 94.2 Å². The maximum Gasteiger partial charge on any atom is 0.305 e. The summed E-state index contributed by atoms with van der Waals surface area (Å²) in [4.78, 5) is 13.5. The maximum absolute atomic E-state index is 11.1. The van der Waals surface area contributed by atoms with Gasteiger partial charge in [-0.05, 0) is 32.4 Å². The molecule has 0 spiro atoms. The van der Waals surface area contributed by atoms with Crippen molar-refractivity contribution < 1.29 is 9.53 Å². The monoisotopic (exact) mass is 227 g/mol. The standard InChI is InChI=1S/C11H17NO2S/c1-3-14-11(13)7-5-9(12)10-6-4-8(2)15-10/h4,6,9H,3,5,7,12H2,1-2H3. The first-order valence-electron chi connectivity index (χ1n) is 5.11. The van der Waals surface area contributed by atoms with E-state index >= 15 is 0 Å². The largest absolute Gasteiger partial charge is 0.466 e. The van der Waals surface area contributed by atoms with Gasteiger partial charge in [-0.15, -0.1) is 11.3 Å². The molecule has 3 nitrogen and oxygen atoms in total. The molecule has 0 saturated carbocycles. The average molecular weight is 227 g/mol. The molecule has 0 aliphatic heterocycles. The summed E-state index contributed by atoms with van der Waals surface area (Å²) in [7, 11) is 0. The van der Waals surface area contributed by atoms with Crippen molar-refractivity contribution in [3.63, 3.8) is 0 Å². The first-order chi connectivity index (χ1) is 7.13. The second kappa shape index (κ2) is 5.88. The van der Waals surface area contributed by atoms with Gasteiger partial charge in [-0.25, -0.2) is 0 Å². The van der Waals surface area contributed by atoms with Gasteiger partial charge in [0.1, 0.15) is 0 Å². The quantitative estimate of drug-likeness (QED) is 0.786. The predicted molar refractivity (Wildman–Crippen MR) is 61.9 cm³/mol. The molecule has 0 amide bonds. The van der Waals surface area contributed by atoms with Crippen molar-refractivity contribution in [3.8, 4) is 0 Å². The van der Waals surface area contributed by atoms with Crippen LogP contribution in [0.3, 0.4) is 0 Å². The minimum atomic E-state index is -0.166. The molecule has 84 valence electrons. The Balaban J connectivity index is 2.36. The van der Waals surface area contributed by atoms with Crippen LogP contribution in [0.5, 0.6) is 0 Å². The van der Waals surface area contributed by atoms with Gasteiger partial charge >= 0.3 is 5.97 Å². The van der Waals surface area contributed by atoms with Crippen LogP contribution in [0.25, 0.3) is 0 Å². The van der Waals surface area contributed by atoms with Crippen molar-refractivity contribution in [2.75, 3.05) is 6.61 Å². The zero-order chi connectivity index (χ0) is 11.3. The summed E-state index contributed by atoms with van der Waals surface area (Å²) < 4.78 is 4.84. The zero-order valence-electron chi connectivity index (χ0n) is 9.16. The number of carbonyl (C=O) groups is 1. The lowest BCUT2D eigenvalue weighted by atomic mass is 10.1. The minimum Gasteiger partial charge on any atom is -0.466 e. The third-order valence-corrected chi connectivity index (χ3v) is 3.22. The second-order valence-corrected chi connectivity index (χ2v) is 4.72. The van der Waals surface area contributed by atoms with E-state index in [1.54, 1.807) is 18.3 Å². The van der Waals surface area contributed by atoms with Gasteiger partial charge in [-0.3, -0.25) is 4.79 Å². The molecule has 4 heteroatoms. The van der Waals surface area contributed by atoms with E-state index in [-0.39, 0.29) is 12.0 Å². The first-order valence-corrected chi connectivity index (χ1v) is 5.92. The molecular weight excluding hydrogens is 210 g/mol. The highest BCUT2D eigenvalue weighted by molar-refractivity contribution is 7.12. The van der Waals surface area contributed by atoms with E-state index in [1.807, 2.05) is 19.1 Å². The zero-order valence-corrected chi connectivity index (χ0v) is 9.97. The fourth-order valence-corrected chi connectivity index (χ4v) is 2.21. The molecule has 1 rings (SSSR count). The molecule has 0 saturated heterocycles. The fourth-order valence-electron chi connectivity index (χ4n) is 1.30. The Kier molecular flexibility index (Phi) is 4.78. The van der Waals surface area contributed by atoms with Gasteiger partial charge in [0.15, 0.2) is 0 Å². The lowest BCUT2D eigenvalue weighted by Crippen LogP contribution is -2.12. The van der Waals surface area contributed by atoms with E-state index in [0.717, 1.165) is 4.88 Å². The number of nitrogens with two attached hydrogens (primary N) is 1. The number of carbonyl (C=O) groups excluding carboxylic acids is 1. The summed E-state index contributed by atoms with van der Waals surface area (Å²) in [6.07, 6.45) is 1.05. The predicted octanol–water partition coefficient (Wildman–Crippen LogP) is 2.40. The second-order valence-electron chi connectivity index (χ2n) is 3.40. The van der Waals surface area contributed by atoms with E-state index in [9.17, 15) is 4.79 Å².